The van der Waals surface area contributed by atoms with Gasteiger partial charge < -0.3 is 9.64 Å². The maximum absolute atomic E-state index is 12.7. The van der Waals surface area contributed by atoms with Gasteiger partial charge in [-0.05, 0) is 57.7 Å². The third kappa shape index (κ3) is 4.96. The van der Waals surface area contributed by atoms with Crippen molar-refractivity contribution in [2.24, 2.45) is 0 Å². The number of ether oxygens (including phenoxy) is 1. The molecule has 1 aromatic heterocycles. The molecule has 0 N–H and O–H groups in total. The van der Waals surface area contributed by atoms with Gasteiger partial charge in [0, 0.05) is 19.2 Å². The van der Waals surface area contributed by atoms with Gasteiger partial charge in [0.25, 0.3) is 0 Å². The fourth-order valence-electron chi connectivity index (χ4n) is 3.29. The lowest BCUT2D eigenvalue weighted by Gasteiger charge is -2.27. The molecule has 3 rings (SSSR count). The number of esters is 1. The maximum Gasteiger partial charge on any atom is 0.329 e. The summed E-state index contributed by atoms with van der Waals surface area (Å²) < 4.78 is 7.28. The van der Waals surface area contributed by atoms with Gasteiger partial charge in [-0.1, -0.05) is 18.2 Å². The van der Waals surface area contributed by atoms with Gasteiger partial charge in [-0.3, -0.25) is 4.79 Å². The van der Waals surface area contributed by atoms with Crippen LogP contribution in [0.1, 0.15) is 45.6 Å². The summed E-state index contributed by atoms with van der Waals surface area (Å²) in [5.41, 5.74) is 1.44. The van der Waals surface area contributed by atoms with Crippen LogP contribution < -0.4 is 0 Å². The van der Waals surface area contributed by atoms with Crippen molar-refractivity contribution < 1.29 is 14.3 Å². The van der Waals surface area contributed by atoms with E-state index in [0.717, 1.165) is 17.7 Å². The fourth-order valence-corrected chi connectivity index (χ4v) is 3.29. The second kappa shape index (κ2) is 7.94. The monoisotopic (exact) mass is 369 g/mol. The van der Waals surface area contributed by atoms with Crippen molar-refractivity contribution in [2.75, 3.05) is 6.54 Å². The van der Waals surface area contributed by atoms with Gasteiger partial charge in [-0.25, -0.2) is 9.48 Å². The molecule has 1 fully saturated rings. The molecule has 6 heteroatoms. The van der Waals surface area contributed by atoms with Crippen LogP contribution in [-0.4, -0.2) is 44.7 Å². The smallest absolute Gasteiger partial charge is 0.329 e. The first kappa shape index (κ1) is 19.1. The number of aromatic nitrogens is 2. The van der Waals surface area contributed by atoms with Crippen molar-refractivity contribution in [3.8, 4) is 5.69 Å². The van der Waals surface area contributed by atoms with Crippen molar-refractivity contribution in [1.82, 2.24) is 14.7 Å². The van der Waals surface area contributed by atoms with E-state index in [-0.39, 0.29) is 11.9 Å². The highest BCUT2D eigenvalue weighted by atomic mass is 16.6. The number of rotatable bonds is 5. The van der Waals surface area contributed by atoms with E-state index in [1.54, 1.807) is 15.8 Å². The van der Waals surface area contributed by atoms with E-state index in [1.807, 2.05) is 57.3 Å². The predicted molar refractivity (Wildman–Crippen MR) is 102 cm³/mol. The van der Waals surface area contributed by atoms with Gasteiger partial charge in [0.2, 0.25) is 5.91 Å². The molecule has 0 radical (unpaired) electrons. The predicted octanol–water partition coefficient (Wildman–Crippen LogP) is 3.14. The summed E-state index contributed by atoms with van der Waals surface area (Å²) in [6.07, 6.45) is 6.20. The van der Waals surface area contributed by atoms with E-state index in [2.05, 4.69) is 5.10 Å². The van der Waals surface area contributed by atoms with Crippen LogP contribution in [0.25, 0.3) is 5.69 Å². The zero-order chi connectivity index (χ0) is 19.4. The third-order valence-corrected chi connectivity index (χ3v) is 4.54. The summed E-state index contributed by atoms with van der Waals surface area (Å²) in [6, 6.07) is 9.40. The van der Waals surface area contributed by atoms with Gasteiger partial charge in [-0.2, -0.15) is 5.10 Å². The molecule has 1 aromatic carbocycles. The Hall–Kier alpha value is -2.63. The van der Waals surface area contributed by atoms with Crippen molar-refractivity contribution >= 4 is 11.9 Å². The van der Waals surface area contributed by atoms with Crippen LogP contribution in [0.5, 0.6) is 0 Å². The van der Waals surface area contributed by atoms with Crippen LogP contribution in [0.2, 0.25) is 0 Å². The van der Waals surface area contributed by atoms with Crippen molar-refractivity contribution in [3.63, 3.8) is 0 Å². The second-order valence-corrected chi connectivity index (χ2v) is 7.91. The van der Waals surface area contributed by atoms with Gasteiger partial charge >= 0.3 is 5.97 Å². The zero-order valence-corrected chi connectivity index (χ0v) is 16.2. The van der Waals surface area contributed by atoms with Crippen LogP contribution >= 0.6 is 0 Å². The quantitative estimate of drug-likeness (QED) is 0.760. The number of hydrogen-bond acceptors (Lipinski definition) is 4. The van der Waals surface area contributed by atoms with Gasteiger partial charge in [0.05, 0.1) is 11.9 Å². The average molecular weight is 369 g/mol. The van der Waals surface area contributed by atoms with Gasteiger partial charge in [0.15, 0.2) is 0 Å². The standard InChI is InChI=1S/C21H27N3O3/c1-21(2,3)27-20(26)18-10-7-13-23(18)19(25)12-11-16-14-22-24(15-16)17-8-5-4-6-9-17/h4-6,8-9,14-15,18H,7,10-13H2,1-3H3/t18-/m0/s1. The summed E-state index contributed by atoms with van der Waals surface area (Å²) in [4.78, 5) is 26.7. The minimum Gasteiger partial charge on any atom is -0.458 e. The van der Waals surface area contributed by atoms with Crippen LogP contribution in [0.4, 0.5) is 0 Å². The maximum atomic E-state index is 12.7. The van der Waals surface area contributed by atoms with Crippen molar-refractivity contribution in [2.45, 2.75) is 58.1 Å². The summed E-state index contributed by atoms with van der Waals surface area (Å²) in [5.74, 6) is -0.305. The molecule has 1 atom stereocenters. The molecule has 0 aliphatic carbocycles. The molecule has 1 aliphatic rings. The SMILES string of the molecule is CC(C)(C)OC(=O)[C@@H]1CCCN1C(=O)CCc1cnn(-c2ccccc2)c1. The first-order chi connectivity index (χ1) is 12.8. The number of amides is 1. The fraction of sp³-hybridized carbons (Fsp3) is 0.476. The molecule has 2 aromatic rings. The molecule has 6 nitrogen and oxygen atoms in total. The lowest BCUT2D eigenvalue weighted by Crippen LogP contribution is -2.43. The number of para-hydroxylation sites is 1. The molecule has 0 bridgehead atoms. The first-order valence-corrected chi connectivity index (χ1v) is 9.45. The topological polar surface area (TPSA) is 64.4 Å². The summed E-state index contributed by atoms with van der Waals surface area (Å²) in [5, 5.41) is 4.36. The lowest BCUT2D eigenvalue weighted by atomic mass is 10.1. The number of carbonyl (C=O) groups excluding carboxylic acids is 2. The Kier molecular flexibility index (Phi) is 5.63. The van der Waals surface area contributed by atoms with E-state index in [4.69, 9.17) is 4.74 Å². The largest absolute Gasteiger partial charge is 0.458 e. The number of hydrogen-bond donors (Lipinski definition) is 0. The number of likely N-dealkylation sites (tertiary alicyclic amines) is 1. The number of aryl methyl sites for hydroxylation is 1. The number of nitrogens with zero attached hydrogens (tertiary/aromatic N) is 3. The average Bonchev–Trinajstić information content (AvgIpc) is 3.28. The lowest BCUT2D eigenvalue weighted by molar-refractivity contribution is -0.163. The van der Waals surface area contributed by atoms with Crippen molar-refractivity contribution in [1.29, 1.82) is 0 Å². The molecule has 1 amide bonds. The van der Waals surface area contributed by atoms with Crippen LogP contribution in [0.3, 0.4) is 0 Å². The molecule has 2 heterocycles. The van der Waals surface area contributed by atoms with Gasteiger partial charge in [0.1, 0.15) is 11.6 Å². The Bertz CT molecular complexity index is 793. The highest BCUT2D eigenvalue weighted by molar-refractivity contribution is 5.85. The third-order valence-electron chi connectivity index (χ3n) is 4.54. The Labute approximate surface area is 160 Å². The summed E-state index contributed by atoms with van der Waals surface area (Å²) in [7, 11) is 0. The summed E-state index contributed by atoms with van der Waals surface area (Å²) >= 11 is 0. The van der Waals surface area contributed by atoms with E-state index in [0.29, 0.717) is 25.8 Å². The Morgan fingerprint density at radius 2 is 1.96 bits per heavy atom. The molecule has 1 aliphatic heterocycles. The molecule has 27 heavy (non-hydrogen) atoms. The Balaban J connectivity index is 1.57. The highest BCUT2D eigenvalue weighted by Crippen LogP contribution is 2.22. The number of benzene rings is 1. The van der Waals surface area contributed by atoms with E-state index in [1.165, 1.54) is 0 Å². The zero-order valence-electron chi connectivity index (χ0n) is 16.2. The molecule has 1 saturated heterocycles. The van der Waals surface area contributed by atoms with Gasteiger partial charge in [-0.15, -0.1) is 0 Å². The van der Waals surface area contributed by atoms with E-state index >= 15 is 0 Å². The van der Waals surface area contributed by atoms with Crippen LogP contribution in [0.15, 0.2) is 42.7 Å². The minimum atomic E-state index is -0.541. The molecule has 0 unspecified atom stereocenters. The van der Waals surface area contributed by atoms with Crippen molar-refractivity contribution in [3.05, 3.63) is 48.3 Å². The second-order valence-electron chi connectivity index (χ2n) is 7.91. The first-order valence-electron chi connectivity index (χ1n) is 9.45. The van der Waals surface area contributed by atoms with E-state index in [9.17, 15) is 9.59 Å². The normalized spacial score (nSPS) is 17.1. The molecule has 144 valence electrons. The Morgan fingerprint density at radius 1 is 1.22 bits per heavy atom. The Morgan fingerprint density at radius 3 is 2.67 bits per heavy atom. The van der Waals surface area contributed by atoms with E-state index < -0.39 is 11.6 Å². The minimum absolute atomic E-state index is 0.00387. The summed E-state index contributed by atoms with van der Waals surface area (Å²) in [6.45, 7) is 6.15. The molecule has 0 spiro atoms. The molecular weight excluding hydrogens is 342 g/mol. The van der Waals surface area contributed by atoms with Crippen LogP contribution in [-0.2, 0) is 20.7 Å². The number of carbonyl (C=O) groups is 2. The van der Waals surface area contributed by atoms with Crippen LogP contribution in [0, 0.1) is 0 Å². The molecule has 0 saturated carbocycles. The highest BCUT2D eigenvalue weighted by Gasteiger charge is 2.36. The molecular formula is C21H27N3O3.